The average molecular weight is 288 g/mol. The van der Waals surface area contributed by atoms with Crippen molar-refractivity contribution in [1.29, 1.82) is 0 Å². The molecule has 2 atom stereocenters. The van der Waals surface area contributed by atoms with Gasteiger partial charge in [0, 0.05) is 6.54 Å². The second-order valence-electron chi connectivity index (χ2n) is 6.55. The quantitative estimate of drug-likeness (QED) is 0.893. The zero-order chi connectivity index (χ0) is 15.6. The van der Waals surface area contributed by atoms with Crippen LogP contribution in [-0.2, 0) is 4.79 Å². The summed E-state index contributed by atoms with van der Waals surface area (Å²) in [4.78, 5) is 14.7. The molecule has 1 aliphatic heterocycles. The van der Waals surface area contributed by atoms with Crippen LogP contribution in [0.2, 0.25) is 0 Å². The topological polar surface area (TPSA) is 32.3 Å². The Morgan fingerprint density at radius 1 is 1.24 bits per heavy atom. The molecule has 1 N–H and O–H groups in total. The summed E-state index contributed by atoms with van der Waals surface area (Å²) in [7, 11) is 0. The molecular formula is C18H28N2O. The predicted octanol–water partition coefficient (Wildman–Crippen LogP) is 3.82. The van der Waals surface area contributed by atoms with Gasteiger partial charge >= 0.3 is 0 Å². The summed E-state index contributed by atoms with van der Waals surface area (Å²) in [6, 6.07) is 8.67. The molecular weight excluding hydrogens is 260 g/mol. The largest absolute Gasteiger partial charge is 0.321 e. The molecule has 1 saturated heterocycles. The first-order valence-electron chi connectivity index (χ1n) is 8.11. The van der Waals surface area contributed by atoms with E-state index in [1.165, 1.54) is 11.1 Å². The summed E-state index contributed by atoms with van der Waals surface area (Å²) in [5, 5.41) is 3.54. The third kappa shape index (κ3) is 2.98. The minimum Gasteiger partial charge on any atom is -0.321 e. The van der Waals surface area contributed by atoms with Crippen LogP contribution >= 0.6 is 0 Å². The Kier molecular flexibility index (Phi) is 4.72. The third-order valence-corrected chi connectivity index (χ3v) is 4.59. The van der Waals surface area contributed by atoms with Crippen LogP contribution in [0.1, 0.15) is 70.7 Å². The van der Waals surface area contributed by atoms with E-state index in [2.05, 4.69) is 57.3 Å². The first-order chi connectivity index (χ1) is 9.92. The molecule has 2 rings (SSSR count). The van der Waals surface area contributed by atoms with Crippen molar-refractivity contribution < 1.29 is 4.79 Å². The number of carbonyl (C=O) groups is 1. The molecule has 3 nitrogen and oxygen atoms in total. The lowest BCUT2D eigenvalue weighted by atomic mass is 9.99. The van der Waals surface area contributed by atoms with Gasteiger partial charge in [0.25, 0.3) is 0 Å². The van der Waals surface area contributed by atoms with Gasteiger partial charge in [-0.1, -0.05) is 52.0 Å². The van der Waals surface area contributed by atoms with Crippen molar-refractivity contribution in [2.75, 3.05) is 6.54 Å². The molecule has 21 heavy (non-hydrogen) atoms. The average Bonchev–Trinajstić information content (AvgIpc) is 2.73. The van der Waals surface area contributed by atoms with Crippen LogP contribution in [0.5, 0.6) is 0 Å². The molecule has 1 fully saturated rings. The molecule has 0 saturated carbocycles. The van der Waals surface area contributed by atoms with Crippen molar-refractivity contribution in [2.45, 2.75) is 65.1 Å². The van der Waals surface area contributed by atoms with Crippen molar-refractivity contribution in [3.05, 3.63) is 35.4 Å². The van der Waals surface area contributed by atoms with Crippen molar-refractivity contribution in [3.63, 3.8) is 0 Å². The van der Waals surface area contributed by atoms with Gasteiger partial charge in [-0.05, 0) is 36.8 Å². The fourth-order valence-electron chi connectivity index (χ4n) is 2.93. The fourth-order valence-corrected chi connectivity index (χ4v) is 2.93. The van der Waals surface area contributed by atoms with Crippen molar-refractivity contribution >= 4 is 5.91 Å². The van der Waals surface area contributed by atoms with Crippen LogP contribution in [0.4, 0.5) is 0 Å². The van der Waals surface area contributed by atoms with E-state index in [1.807, 2.05) is 11.8 Å². The van der Waals surface area contributed by atoms with Crippen molar-refractivity contribution in [3.8, 4) is 0 Å². The van der Waals surface area contributed by atoms with Crippen LogP contribution in [0, 0.1) is 0 Å². The number of hydrogen-bond donors (Lipinski definition) is 1. The lowest BCUT2D eigenvalue weighted by molar-refractivity contribution is -0.133. The second kappa shape index (κ2) is 6.18. The first-order valence-corrected chi connectivity index (χ1v) is 8.11. The lowest BCUT2D eigenvalue weighted by Gasteiger charge is -2.24. The molecule has 3 heteroatoms. The summed E-state index contributed by atoms with van der Waals surface area (Å²) < 4.78 is 0. The lowest BCUT2D eigenvalue weighted by Crippen LogP contribution is -2.43. The summed E-state index contributed by atoms with van der Waals surface area (Å²) in [6.07, 6.45) is 1.80. The van der Waals surface area contributed by atoms with Gasteiger partial charge in [-0.15, -0.1) is 0 Å². The van der Waals surface area contributed by atoms with E-state index >= 15 is 0 Å². The minimum absolute atomic E-state index is 0.00334. The van der Waals surface area contributed by atoms with E-state index < -0.39 is 5.54 Å². The van der Waals surface area contributed by atoms with Crippen LogP contribution in [0.15, 0.2) is 24.3 Å². The highest BCUT2D eigenvalue weighted by molar-refractivity contribution is 5.88. The monoisotopic (exact) mass is 288 g/mol. The molecule has 0 aromatic heterocycles. The normalized spacial score (nSPS) is 25.9. The number of rotatable bonds is 5. The highest BCUT2D eigenvalue weighted by Crippen LogP contribution is 2.33. The van der Waals surface area contributed by atoms with Gasteiger partial charge in [-0.3, -0.25) is 10.1 Å². The maximum absolute atomic E-state index is 12.7. The number of benzene rings is 1. The molecule has 0 bridgehead atoms. The van der Waals surface area contributed by atoms with Gasteiger partial charge in [-0.25, -0.2) is 0 Å². The van der Waals surface area contributed by atoms with Crippen LogP contribution in [-0.4, -0.2) is 22.9 Å². The summed E-state index contributed by atoms with van der Waals surface area (Å²) in [5.74, 6) is 0.759. The number of nitrogens with one attached hydrogen (secondary N) is 1. The molecule has 0 spiro atoms. The van der Waals surface area contributed by atoms with Gasteiger partial charge in [-0.2, -0.15) is 0 Å². The van der Waals surface area contributed by atoms with Crippen molar-refractivity contribution in [2.24, 2.45) is 0 Å². The molecule has 0 radical (unpaired) electrons. The summed E-state index contributed by atoms with van der Waals surface area (Å²) >= 11 is 0. The van der Waals surface area contributed by atoms with E-state index in [-0.39, 0.29) is 12.1 Å². The zero-order valence-electron chi connectivity index (χ0n) is 13.9. The summed E-state index contributed by atoms with van der Waals surface area (Å²) in [6.45, 7) is 11.4. The Hall–Kier alpha value is -1.35. The van der Waals surface area contributed by atoms with Crippen LogP contribution in [0.25, 0.3) is 0 Å². The van der Waals surface area contributed by atoms with Gasteiger partial charge in [0.1, 0.15) is 6.17 Å². The Morgan fingerprint density at radius 2 is 1.86 bits per heavy atom. The first kappa shape index (κ1) is 16.0. The van der Waals surface area contributed by atoms with Crippen LogP contribution in [0.3, 0.4) is 0 Å². The van der Waals surface area contributed by atoms with E-state index in [4.69, 9.17) is 0 Å². The molecule has 0 aliphatic carbocycles. The van der Waals surface area contributed by atoms with Gasteiger partial charge < -0.3 is 4.90 Å². The third-order valence-electron chi connectivity index (χ3n) is 4.59. The van der Waals surface area contributed by atoms with Gasteiger partial charge in [0.05, 0.1) is 5.54 Å². The molecule has 1 heterocycles. The van der Waals surface area contributed by atoms with E-state index in [0.29, 0.717) is 5.92 Å². The number of carbonyl (C=O) groups excluding carboxylic acids is 1. The molecule has 116 valence electrons. The molecule has 1 amide bonds. The maximum Gasteiger partial charge on any atom is 0.244 e. The maximum atomic E-state index is 12.7. The predicted molar refractivity (Wildman–Crippen MR) is 87.1 cm³/mol. The number of hydrogen-bond acceptors (Lipinski definition) is 2. The van der Waals surface area contributed by atoms with E-state index in [1.54, 1.807) is 0 Å². The zero-order valence-corrected chi connectivity index (χ0v) is 13.9. The minimum atomic E-state index is -0.434. The highest BCUT2D eigenvalue weighted by Gasteiger charge is 2.46. The van der Waals surface area contributed by atoms with E-state index in [0.717, 1.165) is 19.4 Å². The smallest absolute Gasteiger partial charge is 0.244 e. The fraction of sp³-hybridized carbons (Fsp3) is 0.611. The Balaban J connectivity index is 2.30. The van der Waals surface area contributed by atoms with Gasteiger partial charge in [0.2, 0.25) is 5.91 Å². The molecule has 2 unspecified atom stereocenters. The molecule has 1 aromatic rings. The number of amides is 1. The number of nitrogens with zero attached hydrogens (tertiary/aromatic N) is 1. The molecule has 1 aromatic carbocycles. The standard InChI is InChI=1S/C18H28N2O/c1-6-12-20-16(19-18(5,7-2)17(20)21)15-10-8-14(9-11-15)13(3)4/h8-11,13,16,19H,6-7,12H2,1-5H3. The Bertz CT molecular complexity index is 494. The van der Waals surface area contributed by atoms with Crippen molar-refractivity contribution in [1.82, 2.24) is 10.2 Å². The van der Waals surface area contributed by atoms with E-state index in [9.17, 15) is 4.79 Å². The van der Waals surface area contributed by atoms with Gasteiger partial charge in [0.15, 0.2) is 0 Å². The van der Waals surface area contributed by atoms with Crippen LogP contribution < -0.4 is 5.32 Å². The second-order valence-corrected chi connectivity index (χ2v) is 6.55. The Labute approximate surface area is 128 Å². The highest BCUT2D eigenvalue weighted by atomic mass is 16.2. The molecule has 1 aliphatic rings. The Morgan fingerprint density at radius 3 is 2.33 bits per heavy atom. The SMILES string of the molecule is CCCN1C(=O)C(C)(CC)NC1c1ccc(C(C)C)cc1. The summed E-state index contributed by atoms with van der Waals surface area (Å²) in [5.41, 5.74) is 2.08.